The van der Waals surface area contributed by atoms with Crippen LogP contribution in [0.3, 0.4) is 0 Å². The van der Waals surface area contributed by atoms with Crippen molar-refractivity contribution in [3.05, 3.63) is 47.5 Å². The number of allylic oxidation sites excluding steroid dienone is 2. The summed E-state index contributed by atoms with van der Waals surface area (Å²) in [4.78, 5) is 0. The molecule has 0 heterocycles. The maximum absolute atomic E-state index is 3.77. The lowest BCUT2D eigenvalue weighted by molar-refractivity contribution is 0.146. The summed E-state index contributed by atoms with van der Waals surface area (Å²) in [7, 11) is 0. The van der Waals surface area contributed by atoms with Crippen molar-refractivity contribution in [2.24, 2.45) is 11.3 Å². The van der Waals surface area contributed by atoms with Crippen molar-refractivity contribution in [2.45, 2.75) is 52.1 Å². The third-order valence-electron chi connectivity index (χ3n) is 5.12. The molecule has 3 atom stereocenters. The Morgan fingerprint density at radius 3 is 2.89 bits per heavy atom. The third kappa shape index (κ3) is 2.62. The quantitative estimate of drug-likeness (QED) is 0.791. The van der Waals surface area contributed by atoms with Gasteiger partial charge in [-0.25, -0.2) is 0 Å². The Kier molecular flexibility index (Phi) is 3.49. The lowest BCUT2D eigenvalue weighted by Gasteiger charge is -2.41. The average Bonchev–Trinajstić information content (AvgIpc) is 2.74. The summed E-state index contributed by atoms with van der Waals surface area (Å²) in [5.41, 5.74) is 3.61. The molecule has 0 amide bonds. The van der Waals surface area contributed by atoms with Crippen molar-refractivity contribution in [1.29, 1.82) is 0 Å². The molecule has 1 aromatic rings. The molecule has 19 heavy (non-hydrogen) atoms. The molecule has 1 aromatic carbocycles. The van der Waals surface area contributed by atoms with Gasteiger partial charge in [0.1, 0.15) is 0 Å². The molecule has 2 bridgehead atoms. The van der Waals surface area contributed by atoms with Crippen molar-refractivity contribution < 1.29 is 0 Å². The lowest BCUT2D eigenvalue weighted by atomic mass is 9.67. The number of nitrogens with one attached hydrogen (secondary N) is 1. The second kappa shape index (κ2) is 5.13. The van der Waals surface area contributed by atoms with Crippen LogP contribution in [-0.4, -0.2) is 6.04 Å². The highest BCUT2D eigenvalue weighted by Crippen LogP contribution is 2.51. The Balaban J connectivity index is 1.63. The Labute approximate surface area is 117 Å². The minimum Gasteiger partial charge on any atom is -0.310 e. The Bertz CT molecular complexity index is 462. The molecule has 0 spiro atoms. The van der Waals surface area contributed by atoms with Crippen molar-refractivity contribution in [3.8, 4) is 0 Å². The highest BCUT2D eigenvalue weighted by molar-refractivity contribution is 5.21. The topological polar surface area (TPSA) is 12.0 Å². The van der Waals surface area contributed by atoms with Gasteiger partial charge in [0.15, 0.2) is 0 Å². The third-order valence-corrected chi connectivity index (χ3v) is 5.12. The molecule has 1 saturated carbocycles. The van der Waals surface area contributed by atoms with Gasteiger partial charge in [-0.05, 0) is 49.5 Å². The normalized spacial score (nSPS) is 31.1. The van der Waals surface area contributed by atoms with Crippen LogP contribution < -0.4 is 5.32 Å². The van der Waals surface area contributed by atoms with Gasteiger partial charge in [0.2, 0.25) is 0 Å². The second-order valence-electron chi connectivity index (χ2n) is 6.71. The van der Waals surface area contributed by atoms with E-state index in [1.54, 1.807) is 5.57 Å². The van der Waals surface area contributed by atoms with Crippen molar-refractivity contribution in [1.82, 2.24) is 5.32 Å². The predicted molar refractivity (Wildman–Crippen MR) is 80.9 cm³/mol. The Hall–Kier alpha value is -1.08. The fourth-order valence-electron chi connectivity index (χ4n) is 4.06. The molecule has 1 nitrogen and oxygen atoms in total. The Morgan fingerprint density at radius 2 is 2.11 bits per heavy atom. The first-order chi connectivity index (χ1) is 9.18. The molecular weight excluding hydrogens is 230 g/mol. The van der Waals surface area contributed by atoms with Gasteiger partial charge in [-0.2, -0.15) is 0 Å². The highest BCUT2D eigenvalue weighted by atomic mass is 14.9. The Morgan fingerprint density at radius 1 is 1.32 bits per heavy atom. The van der Waals surface area contributed by atoms with Crippen LogP contribution in [0.4, 0.5) is 0 Å². The smallest absolute Gasteiger partial charge is 0.0208 e. The summed E-state index contributed by atoms with van der Waals surface area (Å²) >= 11 is 0. The van der Waals surface area contributed by atoms with Gasteiger partial charge in [-0.1, -0.05) is 48.9 Å². The van der Waals surface area contributed by atoms with E-state index in [1.807, 2.05) is 0 Å². The van der Waals surface area contributed by atoms with Gasteiger partial charge in [-0.15, -0.1) is 0 Å². The number of fused-ring (bicyclic) bond motifs is 2. The maximum Gasteiger partial charge on any atom is 0.0208 e. The molecule has 3 rings (SSSR count). The maximum atomic E-state index is 3.77. The molecule has 0 radical (unpaired) electrons. The van der Waals surface area contributed by atoms with E-state index in [0.29, 0.717) is 11.5 Å². The molecule has 2 aliphatic rings. The van der Waals surface area contributed by atoms with Crippen LogP contribution in [0.25, 0.3) is 0 Å². The SMILES string of the molecule is CC1CC2=CCC([C@H](C)NCc3ccccc3)(C2)C1. The van der Waals surface area contributed by atoms with E-state index in [-0.39, 0.29) is 0 Å². The molecule has 1 fully saturated rings. The molecular formula is C18H25N. The fourth-order valence-corrected chi connectivity index (χ4v) is 4.06. The standard InChI is InChI=1S/C18H25N/c1-14-10-17-8-9-18(11-14,12-17)15(2)19-13-16-6-4-3-5-7-16/h3-8,14-15,19H,9-13H2,1-2H3/t14?,15-,18?/m0/s1. The van der Waals surface area contributed by atoms with Gasteiger partial charge in [0.25, 0.3) is 0 Å². The van der Waals surface area contributed by atoms with Gasteiger partial charge in [0.05, 0.1) is 0 Å². The van der Waals surface area contributed by atoms with Crippen LogP contribution >= 0.6 is 0 Å². The molecule has 102 valence electrons. The van der Waals surface area contributed by atoms with Crippen LogP contribution in [0.5, 0.6) is 0 Å². The van der Waals surface area contributed by atoms with Gasteiger partial charge >= 0.3 is 0 Å². The summed E-state index contributed by atoms with van der Waals surface area (Å²) < 4.78 is 0. The summed E-state index contributed by atoms with van der Waals surface area (Å²) in [5, 5.41) is 3.77. The van der Waals surface area contributed by atoms with Crippen LogP contribution in [0.15, 0.2) is 42.0 Å². The summed E-state index contributed by atoms with van der Waals surface area (Å²) in [5.74, 6) is 0.864. The van der Waals surface area contributed by atoms with Crippen molar-refractivity contribution >= 4 is 0 Å². The summed E-state index contributed by atoms with van der Waals surface area (Å²) in [6.07, 6.45) is 7.86. The zero-order valence-electron chi connectivity index (χ0n) is 12.2. The van der Waals surface area contributed by atoms with Gasteiger partial charge in [-0.3, -0.25) is 0 Å². The number of benzene rings is 1. The summed E-state index contributed by atoms with van der Waals surface area (Å²) in [6, 6.07) is 11.3. The zero-order chi connectivity index (χ0) is 13.3. The van der Waals surface area contributed by atoms with E-state index >= 15 is 0 Å². The highest BCUT2D eigenvalue weighted by Gasteiger charge is 2.43. The van der Waals surface area contributed by atoms with E-state index in [0.717, 1.165) is 12.5 Å². The van der Waals surface area contributed by atoms with Crippen LogP contribution in [-0.2, 0) is 6.54 Å². The molecule has 1 N–H and O–H groups in total. The van der Waals surface area contributed by atoms with E-state index in [4.69, 9.17) is 0 Å². The first kappa shape index (κ1) is 12.9. The largest absolute Gasteiger partial charge is 0.310 e. The molecule has 0 aromatic heterocycles. The van der Waals surface area contributed by atoms with E-state index in [1.165, 1.54) is 31.2 Å². The molecule has 2 aliphatic carbocycles. The van der Waals surface area contributed by atoms with E-state index < -0.39 is 0 Å². The van der Waals surface area contributed by atoms with Crippen LogP contribution in [0, 0.1) is 11.3 Å². The molecule has 1 heteroatoms. The molecule has 2 unspecified atom stereocenters. The summed E-state index contributed by atoms with van der Waals surface area (Å²) in [6.45, 7) is 5.79. The first-order valence-electron chi connectivity index (χ1n) is 7.63. The zero-order valence-corrected chi connectivity index (χ0v) is 12.2. The van der Waals surface area contributed by atoms with E-state index in [9.17, 15) is 0 Å². The fraction of sp³-hybridized carbons (Fsp3) is 0.556. The van der Waals surface area contributed by atoms with Gasteiger partial charge < -0.3 is 5.32 Å². The number of rotatable bonds is 4. The monoisotopic (exact) mass is 255 g/mol. The number of hydrogen-bond acceptors (Lipinski definition) is 1. The van der Waals surface area contributed by atoms with Crippen LogP contribution in [0.2, 0.25) is 0 Å². The second-order valence-corrected chi connectivity index (χ2v) is 6.71. The predicted octanol–water partition coefficient (Wildman–Crippen LogP) is 4.30. The van der Waals surface area contributed by atoms with Crippen molar-refractivity contribution in [3.63, 3.8) is 0 Å². The molecule has 0 saturated heterocycles. The van der Waals surface area contributed by atoms with Gasteiger partial charge in [0, 0.05) is 12.6 Å². The number of hydrogen-bond donors (Lipinski definition) is 1. The average molecular weight is 255 g/mol. The first-order valence-corrected chi connectivity index (χ1v) is 7.63. The van der Waals surface area contributed by atoms with Crippen LogP contribution in [0.1, 0.15) is 45.1 Å². The van der Waals surface area contributed by atoms with E-state index in [2.05, 4.69) is 55.6 Å². The minimum absolute atomic E-state index is 0.502. The minimum atomic E-state index is 0.502. The van der Waals surface area contributed by atoms with Crippen molar-refractivity contribution in [2.75, 3.05) is 0 Å². The molecule has 0 aliphatic heterocycles. The lowest BCUT2D eigenvalue weighted by Crippen LogP contribution is -2.44.